The van der Waals surface area contributed by atoms with E-state index in [1.54, 1.807) is 6.92 Å². The Kier molecular flexibility index (Phi) is 11.8. The lowest BCUT2D eigenvalue weighted by atomic mass is 10.1. The Balaban J connectivity index is 3.32. The van der Waals surface area contributed by atoms with E-state index in [0.29, 0.717) is 31.6 Å². The van der Waals surface area contributed by atoms with Gasteiger partial charge in [0.2, 0.25) is 5.91 Å². The first-order chi connectivity index (χ1) is 9.57. The second-order valence-electron chi connectivity index (χ2n) is 4.93. The molecule has 0 aromatic heterocycles. The third kappa shape index (κ3) is 11.7. The van der Waals surface area contributed by atoms with E-state index in [9.17, 15) is 9.59 Å². The van der Waals surface area contributed by atoms with Crippen molar-refractivity contribution >= 4 is 11.9 Å². The van der Waals surface area contributed by atoms with Gasteiger partial charge in [-0.05, 0) is 32.7 Å². The van der Waals surface area contributed by atoms with Crippen molar-refractivity contribution in [3.63, 3.8) is 0 Å². The maximum absolute atomic E-state index is 11.5. The molecule has 0 aliphatic carbocycles. The van der Waals surface area contributed by atoms with Crippen molar-refractivity contribution in [3.8, 4) is 0 Å². The largest absolute Gasteiger partial charge is 0.462 e. The molecule has 0 spiro atoms. The van der Waals surface area contributed by atoms with Crippen molar-refractivity contribution in [2.75, 3.05) is 19.7 Å². The van der Waals surface area contributed by atoms with Crippen molar-refractivity contribution in [3.05, 3.63) is 12.2 Å². The number of nitrogens with one attached hydrogen (secondary N) is 1. The number of esters is 1. The number of nitrogens with two attached hydrogens (primary N) is 1. The van der Waals surface area contributed by atoms with Crippen LogP contribution in [-0.2, 0) is 14.3 Å². The van der Waals surface area contributed by atoms with Gasteiger partial charge in [0.1, 0.15) is 0 Å². The predicted molar refractivity (Wildman–Crippen MR) is 80.2 cm³/mol. The van der Waals surface area contributed by atoms with Gasteiger partial charge < -0.3 is 15.8 Å². The summed E-state index contributed by atoms with van der Waals surface area (Å²) in [7, 11) is 0. The number of amides is 1. The van der Waals surface area contributed by atoms with Gasteiger partial charge in [0.15, 0.2) is 0 Å². The zero-order valence-corrected chi connectivity index (χ0v) is 12.6. The number of carbonyl (C=O) groups excluding carboxylic acids is 2. The van der Waals surface area contributed by atoms with Crippen LogP contribution in [0.25, 0.3) is 0 Å². The molecule has 0 unspecified atom stereocenters. The molecule has 0 aromatic carbocycles. The maximum atomic E-state index is 11.5. The predicted octanol–water partition coefficient (Wildman–Crippen LogP) is 1.91. The lowest BCUT2D eigenvalue weighted by Gasteiger charge is -2.06. The van der Waals surface area contributed by atoms with Crippen LogP contribution in [0.15, 0.2) is 12.2 Å². The highest BCUT2D eigenvalue weighted by molar-refractivity contribution is 5.86. The Hall–Kier alpha value is -1.36. The fourth-order valence-corrected chi connectivity index (χ4v) is 1.64. The third-order valence-electron chi connectivity index (χ3n) is 2.83. The van der Waals surface area contributed by atoms with Crippen molar-refractivity contribution in [2.45, 2.75) is 51.9 Å². The fraction of sp³-hybridized carbons (Fsp3) is 0.733. The standard InChI is InChI=1S/C15H28N2O3/c1-13(2)15(19)20-12-8-11-17-14(18)9-6-4-3-5-7-10-16/h1,3-12,16H2,2H3,(H,17,18). The zero-order chi connectivity index (χ0) is 15.2. The smallest absolute Gasteiger partial charge is 0.333 e. The van der Waals surface area contributed by atoms with Gasteiger partial charge in [-0.15, -0.1) is 0 Å². The molecule has 0 aliphatic rings. The van der Waals surface area contributed by atoms with E-state index in [4.69, 9.17) is 10.5 Å². The quantitative estimate of drug-likeness (QED) is 0.326. The fourth-order valence-electron chi connectivity index (χ4n) is 1.64. The molecule has 5 nitrogen and oxygen atoms in total. The van der Waals surface area contributed by atoms with E-state index in [1.807, 2.05) is 0 Å². The Labute approximate surface area is 121 Å². The van der Waals surface area contributed by atoms with Gasteiger partial charge in [-0.2, -0.15) is 0 Å². The van der Waals surface area contributed by atoms with Gasteiger partial charge >= 0.3 is 5.97 Å². The third-order valence-corrected chi connectivity index (χ3v) is 2.83. The van der Waals surface area contributed by atoms with Crippen LogP contribution in [0.3, 0.4) is 0 Å². The minimum absolute atomic E-state index is 0.0649. The normalized spacial score (nSPS) is 10.1. The van der Waals surface area contributed by atoms with Crippen molar-refractivity contribution < 1.29 is 14.3 Å². The molecule has 5 heteroatoms. The topological polar surface area (TPSA) is 81.4 Å². The minimum Gasteiger partial charge on any atom is -0.462 e. The zero-order valence-electron chi connectivity index (χ0n) is 12.6. The number of hydrogen-bond acceptors (Lipinski definition) is 4. The first-order valence-corrected chi connectivity index (χ1v) is 7.37. The average Bonchev–Trinajstić information content (AvgIpc) is 2.41. The average molecular weight is 284 g/mol. The number of rotatable bonds is 12. The van der Waals surface area contributed by atoms with Crippen LogP contribution in [0.4, 0.5) is 0 Å². The number of ether oxygens (including phenoxy) is 1. The molecule has 0 atom stereocenters. The van der Waals surface area contributed by atoms with Gasteiger partial charge in [0, 0.05) is 18.5 Å². The van der Waals surface area contributed by atoms with E-state index in [2.05, 4.69) is 11.9 Å². The first kappa shape index (κ1) is 18.6. The van der Waals surface area contributed by atoms with E-state index in [1.165, 1.54) is 0 Å². The Morgan fingerprint density at radius 2 is 1.75 bits per heavy atom. The van der Waals surface area contributed by atoms with E-state index < -0.39 is 0 Å². The van der Waals surface area contributed by atoms with Crippen LogP contribution in [0.2, 0.25) is 0 Å². The molecule has 0 rings (SSSR count). The first-order valence-electron chi connectivity index (χ1n) is 7.37. The van der Waals surface area contributed by atoms with E-state index >= 15 is 0 Å². The number of hydrogen-bond donors (Lipinski definition) is 2. The lowest BCUT2D eigenvalue weighted by molar-refractivity contribution is -0.138. The summed E-state index contributed by atoms with van der Waals surface area (Å²) in [4.78, 5) is 22.6. The molecule has 0 aromatic rings. The summed E-state index contributed by atoms with van der Waals surface area (Å²) in [5, 5.41) is 2.82. The molecule has 0 radical (unpaired) electrons. The number of carbonyl (C=O) groups is 2. The molecule has 1 amide bonds. The highest BCUT2D eigenvalue weighted by Crippen LogP contribution is 2.04. The van der Waals surface area contributed by atoms with E-state index in [0.717, 1.165) is 38.6 Å². The van der Waals surface area contributed by atoms with Crippen LogP contribution >= 0.6 is 0 Å². The van der Waals surface area contributed by atoms with Crippen molar-refractivity contribution in [1.29, 1.82) is 0 Å². The van der Waals surface area contributed by atoms with Crippen LogP contribution in [-0.4, -0.2) is 31.6 Å². The maximum Gasteiger partial charge on any atom is 0.333 e. The summed E-state index contributed by atoms with van der Waals surface area (Å²) in [5.41, 5.74) is 5.80. The van der Waals surface area contributed by atoms with Gasteiger partial charge in [0.25, 0.3) is 0 Å². The number of unbranched alkanes of at least 4 members (excludes halogenated alkanes) is 4. The molecule has 0 aliphatic heterocycles. The van der Waals surface area contributed by atoms with Crippen molar-refractivity contribution in [1.82, 2.24) is 5.32 Å². The highest BCUT2D eigenvalue weighted by Gasteiger charge is 2.03. The summed E-state index contributed by atoms with van der Waals surface area (Å²) in [5.74, 6) is -0.316. The van der Waals surface area contributed by atoms with Gasteiger partial charge in [-0.25, -0.2) is 4.79 Å². The van der Waals surface area contributed by atoms with Gasteiger partial charge in [-0.1, -0.05) is 25.8 Å². The molecule has 20 heavy (non-hydrogen) atoms. The van der Waals surface area contributed by atoms with Crippen LogP contribution in [0, 0.1) is 0 Å². The summed E-state index contributed by atoms with van der Waals surface area (Å²) < 4.78 is 4.92. The summed E-state index contributed by atoms with van der Waals surface area (Å²) in [6.45, 7) is 6.69. The second-order valence-corrected chi connectivity index (χ2v) is 4.93. The highest BCUT2D eigenvalue weighted by atomic mass is 16.5. The molecule has 0 bridgehead atoms. The van der Waals surface area contributed by atoms with Crippen LogP contribution in [0.1, 0.15) is 51.9 Å². The van der Waals surface area contributed by atoms with Crippen LogP contribution < -0.4 is 11.1 Å². The molecule has 0 saturated carbocycles. The van der Waals surface area contributed by atoms with Gasteiger partial charge in [0.05, 0.1) is 6.61 Å². The van der Waals surface area contributed by atoms with Crippen LogP contribution in [0.5, 0.6) is 0 Å². The molecular weight excluding hydrogens is 256 g/mol. The van der Waals surface area contributed by atoms with Gasteiger partial charge in [-0.3, -0.25) is 4.79 Å². The Morgan fingerprint density at radius 3 is 2.40 bits per heavy atom. The monoisotopic (exact) mass is 284 g/mol. The minimum atomic E-state index is -0.381. The SMILES string of the molecule is C=C(C)C(=O)OCCCNC(=O)CCCCCCCN. The second kappa shape index (κ2) is 12.7. The van der Waals surface area contributed by atoms with Crippen molar-refractivity contribution in [2.24, 2.45) is 5.73 Å². The molecule has 116 valence electrons. The Morgan fingerprint density at radius 1 is 1.10 bits per heavy atom. The molecular formula is C15H28N2O3. The summed E-state index contributed by atoms with van der Waals surface area (Å²) >= 11 is 0. The molecule has 0 saturated heterocycles. The summed E-state index contributed by atoms with van der Waals surface area (Å²) in [6.07, 6.45) is 6.53. The summed E-state index contributed by atoms with van der Waals surface area (Å²) in [6, 6.07) is 0. The molecule has 3 N–H and O–H groups in total. The molecule has 0 fully saturated rings. The Bertz CT molecular complexity index is 303. The lowest BCUT2D eigenvalue weighted by Crippen LogP contribution is -2.25. The molecule has 0 heterocycles. The van der Waals surface area contributed by atoms with E-state index in [-0.39, 0.29) is 11.9 Å².